The average Bonchev–Trinajstić information content (AvgIpc) is 2.97. The molecule has 3 nitrogen and oxygen atoms in total. The van der Waals surface area contributed by atoms with Crippen molar-refractivity contribution in [1.82, 2.24) is 9.80 Å². The van der Waals surface area contributed by atoms with Gasteiger partial charge in [0, 0.05) is 35.4 Å². The molecule has 18 heavy (non-hydrogen) atoms. The number of thiophene rings is 1. The monoisotopic (exact) mass is 267 g/mol. The zero-order valence-corrected chi connectivity index (χ0v) is 12.4. The van der Waals surface area contributed by atoms with Crippen molar-refractivity contribution in [2.75, 3.05) is 26.7 Å². The van der Waals surface area contributed by atoms with Crippen molar-refractivity contribution < 1.29 is 0 Å². The van der Waals surface area contributed by atoms with Gasteiger partial charge in [0.2, 0.25) is 0 Å². The van der Waals surface area contributed by atoms with Gasteiger partial charge in [-0.25, -0.2) is 0 Å². The van der Waals surface area contributed by atoms with Gasteiger partial charge in [-0.15, -0.1) is 11.3 Å². The summed E-state index contributed by atoms with van der Waals surface area (Å²) in [6.45, 7) is 7.65. The van der Waals surface area contributed by atoms with Gasteiger partial charge >= 0.3 is 0 Å². The summed E-state index contributed by atoms with van der Waals surface area (Å²) in [5.41, 5.74) is 5.65. The molecule has 1 fully saturated rings. The number of hydrogen-bond donors (Lipinski definition) is 1. The molecule has 0 aromatic carbocycles. The third-order valence-corrected chi connectivity index (χ3v) is 4.86. The fraction of sp³-hybridized carbons (Fsp3) is 0.714. The Hall–Kier alpha value is -0.420. The molecule has 0 bridgehead atoms. The van der Waals surface area contributed by atoms with Crippen molar-refractivity contribution in [2.24, 2.45) is 5.73 Å². The lowest BCUT2D eigenvalue weighted by atomic mass is 10.2. The van der Waals surface area contributed by atoms with Gasteiger partial charge in [0.25, 0.3) is 0 Å². The van der Waals surface area contributed by atoms with Crippen LogP contribution in [0.15, 0.2) is 12.1 Å². The molecule has 4 heteroatoms. The van der Waals surface area contributed by atoms with Gasteiger partial charge in [-0.1, -0.05) is 6.92 Å². The second-order valence-electron chi connectivity index (χ2n) is 5.19. The largest absolute Gasteiger partial charge is 0.326 e. The van der Waals surface area contributed by atoms with E-state index in [1.54, 1.807) is 0 Å². The summed E-state index contributed by atoms with van der Waals surface area (Å²) >= 11 is 1.85. The first-order chi connectivity index (χ1) is 8.72. The molecule has 0 radical (unpaired) electrons. The average molecular weight is 267 g/mol. The normalized spacial score (nSPS) is 21.0. The molecular weight excluding hydrogens is 242 g/mol. The summed E-state index contributed by atoms with van der Waals surface area (Å²) in [5, 5.41) is 0. The summed E-state index contributed by atoms with van der Waals surface area (Å²) in [7, 11) is 2.23. The van der Waals surface area contributed by atoms with Crippen LogP contribution in [0, 0.1) is 0 Å². The highest BCUT2D eigenvalue weighted by atomic mass is 32.1. The molecule has 0 aliphatic carbocycles. The summed E-state index contributed by atoms with van der Waals surface area (Å²) < 4.78 is 0. The summed E-state index contributed by atoms with van der Waals surface area (Å²) in [6, 6.07) is 5.13. The first-order valence-corrected chi connectivity index (χ1v) is 7.74. The van der Waals surface area contributed by atoms with Crippen molar-refractivity contribution in [3.63, 3.8) is 0 Å². The van der Waals surface area contributed by atoms with Crippen molar-refractivity contribution in [3.8, 4) is 0 Å². The molecule has 1 aliphatic heterocycles. The highest BCUT2D eigenvalue weighted by Crippen LogP contribution is 2.20. The van der Waals surface area contributed by atoms with E-state index in [1.165, 1.54) is 42.2 Å². The Bertz CT molecular complexity index is 364. The number of nitrogens with zero attached hydrogens (tertiary/aromatic N) is 2. The summed E-state index contributed by atoms with van der Waals surface area (Å²) in [6.07, 6.45) is 2.72. The second-order valence-corrected chi connectivity index (χ2v) is 6.45. The Morgan fingerprint density at radius 2 is 2.22 bits per heavy atom. The van der Waals surface area contributed by atoms with Crippen LogP contribution in [-0.4, -0.2) is 42.5 Å². The quantitative estimate of drug-likeness (QED) is 0.857. The van der Waals surface area contributed by atoms with E-state index in [-0.39, 0.29) is 0 Å². The molecule has 0 spiro atoms. The third-order valence-electron chi connectivity index (χ3n) is 3.77. The Morgan fingerprint density at radius 3 is 2.89 bits per heavy atom. The molecular formula is C14H25N3S. The molecule has 2 heterocycles. The number of rotatable bonds is 6. The number of hydrogen-bond acceptors (Lipinski definition) is 4. The lowest BCUT2D eigenvalue weighted by molar-refractivity contribution is 0.195. The maximum atomic E-state index is 5.65. The fourth-order valence-corrected chi connectivity index (χ4v) is 3.80. The van der Waals surface area contributed by atoms with Crippen molar-refractivity contribution in [3.05, 3.63) is 21.9 Å². The molecule has 102 valence electrons. The Labute approximate surface area is 115 Å². The molecule has 0 amide bonds. The molecule has 1 aliphatic rings. The zero-order chi connectivity index (χ0) is 13.0. The highest BCUT2D eigenvalue weighted by molar-refractivity contribution is 7.11. The topological polar surface area (TPSA) is 32.5 Å². The van der Waals surface area contributed by atoms with Crippen LogP contribution >= 0.6 is 11.3 Å². The van der Waals surface area contributed by atoms with E-state index in [0.717, 1.165) is 12.6 Å². The smallest absolute Gasteiger partial charge is 0.0325 e. The van der Waals surface area contributed by atoms with E-state index in [2.05, 4.69) is 35.9 Å². The molecule has 1 atom stereocenters. The van der Waals surface area contributed by atoms with E-state index in [4.69, 9.17) is 5.73 Å². The van der Waals surface area contributed by atoms with E-state index in [1.807, 2.05) is 11.3 Å². The van der Waals surface area contributed by atoms with Crippen LogP contribution in [0.2, 0.25) is 0 Å². The Kier molecular flexibility index (Phi) is 5.18. The van der Waals surface area contributed by atoms with Gasteiger partial charge in [-0.3, -0.25) is 9.80 Å². The van der Waals surface area contributed by atoms with Gasteiger partial charge in [0.1, 0.15) is 0 Å². The molecule has 1 saturated heterocycles. The number of likely N-dealkylation sites (N-methyl/N-ethyl adjacent to an activating group) is 2. The maximum Gasteiger partial charge on any atom is 0.0325 e. The van der Waals surface area contributed by atoms with Crippen LogP contribution in [-0.2, 0) is 13.1 Å². The van der Waals surface area contributed by atoms with Crippen LogP contribution < -0.4 is 5.73 Å². The van der Waals surface area contributed by atoms with Crippen LogP contribution in [0.4, 0.5) is 0 Å². The van der Waals surface area contributed by atoms with E-state index < -0.39 is 0 Å². The van der Waals surface area contributed by atoms with E-state index in [0.29, 0.717) is 6.54 Å². The predicted octanol–water partition coefficient (Wildman–Crippen LogP) is 2.12. The van der Waals surface area contributed by atoms with Crippen LogP contribution in [0.3, 0.4) is 0 Å². The predicted molar refractivity (Wildman–Crippen MR) is 78.8 cm³/mol. The molecule has 2 N–H and O–H groups in total. The fourth-order valence-electron chi connectivity index (χ4n) is 2.83. The first-order valence-electron chi connectivity index (χ1n) is 6.93. The second kappa shape index (κ2) is 6.66. The standard InChI is InChI=1S/C14H25N3S/c1-3-17-8-4-5-12(17)10-16(2)11-14-7-6-13(9-15)18-14/h6-7,12H,3-5,8-11,15H2,1-2H3. The third kappa shape index (κ3) is 3.54. The van der Waals surface area contributed by atoms with Crippen LogP contribution in [0.1, 0.15) is 29.5 Å². The lowest BCUT2D eigenvalue weighted by Gasteiger charge is -2.27. The Morgan fingerprint density at radius 1 is 1.44 bits per heavy atom. The van der Waals surface area contributed by atoms with Gasteiger partial charge in [0.05, 0.1) is 0 Å². The summed E-state index contributed by atoms with van der Waals surface area (Å²) in [4.78, 5) is 7.77. The molecule has 1 unspecified atom stereocenters. The highest BCUT2D eigenvalue weighted by Gasteiger charge is 2.23. The van der Waals surface area contributed by atoms with Crippen molar-refractivity contribution in [1.29, 1.82) is 0 Å². The van der Waals surface area contributed by atoms with Gasteiger partial charge in [0.15, 0.2) is 0 Å². The van der Waals surface area contributed by atoms with Crippen molar-refractivity contribution >= 4 is 11.3 Å². The first kappa shape index (κ1) is 14.0. The number of likely N-dealkylation sites (tertiary alicyclic amines) is 1. The Balaban J connectivity index is 1.82. The van der Waals surface area contributed by atoms with Gasteiger partial charge < -0.3 is 5.73 Å². The van der Waals surface area contributed by atoms with E-state index in [9.17, 15) is 0 Å². The van der Waals surface area contributed by atoms with Gasteiger partial charge in [-0.05, 0) is 45.1 Å². The van der Waals surface area contributed by atoms with Gasteiger partial charge in [-0.2, -0.15) is 0 Å². The van der Waals surface area contributed by atoms with Crippen molar-refractivity contribution in [2.45, 2.75) is 38.9 Å². The summed E-state index contributed by atoms with van der Waals surface area (Å²) in [5.74, 6) is 0. The molecule has 1 aromatic rings. The van der Waals surface area contributed by atoms with E-state index >= 15 is 0 Å². The molecule has 0 saturated carbocycles. The number of nitrogens with two attached hydrogens (primary N) is 1. The minimum atomic E-state index is 0.667. The van der Waals surface area contributed by atoms with Crippen LogP contribution in [0.25, 0.3) is 0 Å². The minimum Gasteiger partial charge on any atom is -0.326 e. The molecule has 2 rings (SSSR count). The minimum absolute atomic E-state index is 0.667. The maximum absolute atomic E-state index is 5.65. The lowest BCUT2D eigenvalue weighted by Crippen LogP contribution is -2.38. The SMILES string of the molecule is CCN1CCCC1CN(C)Cc1ccc(CN)s1. The molecule has 1 aromatic heterocycles. The zero-order valence-electron chi connectivity index (χ0n) is 11.6. The van der Waals surface area contributed by atoms with Crippen LogP contribution in [0.5, 0.6) is 0 Å².